The van der Waals surface area contributed by atoms with E-state index in [0.717, 1.165) is 36.1 Å². The Balaban J connectivity index is 1.34. The number of benzene rings is 3. The molecule has 1 aliphatic heterocycles. The van der Waals surface area contributed by atoms with Gasteiger partial charge in [-0.25, -0.2) is 8.42 Å². The normalized spacial score (nSPS) is 14.3. The largest absolute Gasteiger partial charge is 0.350 e. The topological polar surface area (TPSA) is 66.5 Å². The number of anilines is 1. The van der Waals surface area contributed by atoms with E-state index < -0.39 is 10.0 Å². The molecule has 170 valence electrons. The summed E-state index contributed by atoms with van der Waals surface area (Å²) in [6, 6.07) is 24.5. The van der Waals surface area contributed by atoms with Gasteiger partial charge in [-0.15, -0.1) is 0 Å². The number of nitrogens with one attached hydrogen (secondary N) is 1. The number of carbonyl (C=O) groups is 1. The van der Waals surface area contributed by atoms with Crippen molar-refractivity contribution in [2.75, 3.05) is 10.8 Å². The second-order valence-electron chi connectivity index (χ2n) is 8.29. The van der Waals surface area contributed by atoms with Crippen LogP contribution in [-0.2, 0) is 27.7 Å². The first-order valence-corrected chi connectivity index (χ1v) is 12.6. The van der Waals surface area contributed by atoms with Gasteiger partial charge >= 0.3 is 0 Å². The predicted octanol–water partition coefficient (Wildman–Crippen LogP) is 4.59. The number of sulfonamides is 1. The standard InChI is InChI=1S/C27H28N2O3S/c1-21(11-12-22-7-3-2-4-8-22)28-27(30)18-15-23-13-16-25(17-14-23)33(31,32)29-20-19-24-9-5-6-10-26(24)29/h2-10,13-18,21H,11-12,19-20H2,1H3,(H,28,30)/b18-15+/t21-/m0/s1. The highest BCUT2D eigenvalue weighted by atomic mass is 32.2. The molecule has 6 heteroatoms. The van der Waals surface area contributed by atoms with Gasteiger partial charge in [0, 0.05) is 18.7 Å². The van der Waals surface area contributed by atoms with Gasteiger partial charge in [0.15, 0.2) is 0 Å². The Hall–Kier alpha value is -3.38. The van der Waals surface area contributed by atoms with Crippen LogP contribution in [0.1, 0.15) is 30.0 Å². The zero-order chi connectivity index (χ0) is 23.3. The van der Waals surface area contributed by atoms with Crippen molar-refractivity contribution in [1.82, 2.24) is 5.32 Å². The van der Waals surface area contributed by atoms with Gasteiger partial charge in [-0.1, -0.05) is 60.7 Å². The Morgan fingerprint density at radius 2 is 1.70 bits per heavy atom. The van der Waals surface area contributed by atoms with Crippen molar-refractivity contribution < 1.29 is 13.2 Å². The van der Waals surface area contributed by atoms with Crippen molar-refractivity contribution in [2.24, 2.45) is 0 Å². The maximum Gasteiger partial charge on any atom is 0.264 e. The Bertz CT molecular complexity index is 1240. The third-order valence-electron chi connectivity index (χ3n) is 5.84. The summed E-state index contributed by atoms with van der Waals surface area (Å²) >= 11 is 0. The van der Waals surface area contributed by atoms with E-state index in [2.05, 4.69) is 17.4 Å². The lowest BCUT2D eigenvalue weighted by Crippen LogP contribution is -2.31. The molecule has 0 aromatic heterocycles. The van der Waals surface area contributed by atoms with Crippen molar-refractivity contribution in [3.8, 4) is 0 Å². The third kappa shape index (κ3) is 5.52. The molecular formula is C27H28N2O3S. The summed E-state index contributed by atoms with van der Waals surface area (Å²) in [4.78, 5) is 12.5. The van der Waals surface area contributed by atoms with Crippen LogP contribution in [0, 0.1) is 0 Å². The smallest absolute Gasteiger partial charge is 0.264 e. The summed E-state index contributed by atoms with van der Waals surface area (Å²) in [5, 5.41) is 2.97. The van der Waals surface area contributed by atoms with Crippen LogP contribution in [0.2, 0.25) is 0 Å². The molecule has 1 N–H and O–H groups in total. The van der Waals surface area contributed by atoms with Crippen LogP contribution in [0.4, 0.5) is 5.69 Å². The number of aryl methyl sites for hydroxylation is 1. The molecule has 5 nitrogen and oxygen atoms in total. The van der Waals surface area contributed by atoms with Gasteiger partial charge in [0.25, 0.3) is 10.0 Å². The van der Waals surface area contributed by atoms with Crippen LogP contribution < -0.4 is 9.62 Å². The lowest BCUT2D eigenvalue weighted by atomic mass is 10.1. The molecule has 0 radical (unpaired) electrons. The van der Waals surface area contributed by atoms with Gasteiger partial charge in [0.2, 0.25) is 5.91 Å². The van der Waals surface area contributed by atoms with Crippen LogP contribution in [-0.4, -0.2) is 26.9 Å². The summed E-state index contributed by atoms with van der Waals surface area (Å²) in [7, 11) is -3.62. The third-order valence-corrected chi connectivity index (χ3v) is 7.66. The molecule has 0 bridgehead atoms. The van der Waals surface area contributed by atoms with Crippen molar-refractivity contribution in [2.45, 2.75) is 37.1 Å². The molecule has 1 heterocycles. The molecule has 0 unspecified atom stereocenters. The molecule has 0 saturated heterocycles. The Morgan fingerprint density at radius 1 is 1.00 bits per heavy atom. The number of nitrogens with zero attached hydrogens (tertiary/aromatic N) is 1. The van der Waals surface area contributed by atoms with Crippen LogP contribution in [0.5, 0.6) is 0 Å². The summed E-state index contributed by atoms with van der Waals surface area (Å²) in [5.41, 5.74) is 3.81. The molecule has 1 aliphatic rings. The average Bonchev–Trinajstić information content (AvgIpc) is 3.27. The van der Waals surface area contributed by atoms with Crippen molar-refractivity contribution in [1.29, 1.82) is 0 Å². The average molecular weight is 461 g/mol. The highest BCUT2D eigenvalue weighted by Gasteiger charge is 2.30. The van der Waals surface area contributed by atoms with E-state index in [-0.39, 0.29) is 16.8 Å². The lowest BCUT2D eigenvalue weighted by molar-refractivity contribution is -0.117. The fraction of sp³-hybridized carbons (Fsp3) is 0.222. The van der Waals surface area contributed by atoms with E-state index in [1.54, 1.807) is 30.3 Å². The van der Waals surface area contributed by atoms with Crippen molar-refractivity contribution in [3.63, 3.8) is 0 Å². The minimum atomic E-state index is -3.62. The van der Waals surface area contributed by atoms with Crippen molar-refractivity contribution in [3.05, 3.63) is 102 Å². The van der Waals surface area contributed by atoms with E-state index in [4.69, 9.17) is 0 Å². The van der Waals surface area contributed by atoms with Crippen LogP contribution >= 0.6 is 0 Å². The number of para-hydroxylation sites is 1. The van der Waals surface area contributed by atoms with Crippen LogP contribution in [0.25, 0.3) is 6.08 Å². The number of amides is 1. The minimum Gasteiger partial charge on any atom is -0.350 e. The maximum absolute atomic E-state index is 13.1. The second kappa shape index (κ2) is 10.0. The first-order valence-electron chi connectivity index (χ1n) is 11.2. The number of carbonyl (C=O) groups excluding carboxylic acids is 1. The van der Waals surface area contributed by atoms with E-state index in [1.165, 1.54) is 15.9 Å². The Labute approximate surface area is 195 Å². The number of hydrogen-bond acceptors (Lipinski definition) is 3. The molecule has 3 aromatic carbocycles. The van der Waals surface area contributed by atoms with Crippen LogP contribution in [0.15, 0.2) is 89.8 Å². The molecule has 0 fully saturated rings. The first kappa shape index (κ1) is 22.8. The highest BCUT2D eigenvalue weighted by Crippen LogP contribution is 2.32. The second-order valence-corrected chi connectivity index (χ2v) is 10.2. The molecule has 1 atom stereocenters. The highest BCUT2D eigenvalue weighted by molar-refractivity contribution is 7.92. The van der Waals surface area contributed by atoms with E-state index in [9.17, 15) is 13.2 Å². The zero-order valence-electron chi connectivity index (χ0n) is 18.6. The maximum atomic E-state index is 13.1. The number of hydrogen-bond donors (Lipinski definition) is 1. The molecule has 0 spiro atoms. The number of fused-ring (bicyclic) bond motifs is 1. The molecule has 4 rings (SSSR count). The quantitative estimate of drug-likeness (QED) is 0.500. The van der Waals surface area contributed by atoms with Crippen molar-refractivity contribution >= 4 is 27.7 Å². The van der Waals surface area contributed by atoms with Crippen LogP contribution in [0.3, 0.4) is 0 Å². The predicted molar refractivity (Wildman–Crippen MR) is 133 cm³/mol. The fourth-order valence-corrected chi connectivity index (χ4v) is 5.50. The van der Waals surface area contributed by atoms with Gasteiger partial charge in [-0.2, -0.15) is 0 Å². The van der Waals surface area contributed by atoms with Gasteiger partial charge in [-0.05, 0) is 67.2 Å². The molecular weight excluding hydrogens is 432 g/mol. The lowest BCUT2D eigenvalue weighted by Gasteiger charge is -2.19. The Morgan fingerprint density at radius 3 is 2.45 bits per heavy atom. The Kier molecular flexibility index (Phi) is 6.94. The zero-order valence-corrected chi connectivity index (χ0v) is 19.5. The van der Waals surface area contributed by atoms with E-state index >= 15 is 0 Å². The van der Waals surface area contributed by atoms with E-state index in [0.29, 0.717) is 6.54 Å². The molecule has 0 saturated carbocycles. The first-order chi connectivity index (χ1) is 15.9. The number of rotatable bonds is 8. The summed E-state index contributed by atoms with van der Waals surface area (Å²) < 4.78 is 27.7. The summed E-state index contributed by atoms with van der Waals surface area (Å²) in [5.74, 6) is -0.166. The summed E-state index contributed by atoms with van der Waals surface area (Å²) in [6.07, 6.45) is 5.66. The van der Waals surface area contributed by atoms with Gasteiger partial charge < -0.3 is 5.32 Å². The van der Waals surface area contributed by atoms with Gasteiger partial charge in [0.05, 0.1) is 10.6 Å². The molecule has 33 heavy (non-hydrogen) atoms. The monoisotopic (exact) mass is 460 g/mol. The van der Waals surface area contributed by atoms with E-state index in [1.807, 2.05) is 49.4 Å². The minimum absolute atomic E-state index is 0.0539. The van der Waals surface area contributed by atoms with Gasteiger partial charge in [0.1, 0.15) is 0 Å². The fourth-order valence-electron chi connectivity index (χ4n) is 4.00. The molecule has 3 aromatic rings. The van der Waals surface area contributed by atoms with Gasteiger partial charge in [-0.3, -0.25) is 9.10 Å². The summed E-state index contributed by atoms with van der Waals surface area (Å²) in [6.45, 7) is 2.44. The SMILES string of the molecule is C[C@@H](CCc1ccccc1)NC(=O)/C=C/c1ccc(S(=O)(=O)N2CCc3ccccc32)cc1. The molecule has 1 amide bonds. The molecule has 0 aliphatic carbocycles.